The Morgan fingerprint density at radius 2 is 2.08 bits per heavy atom. The van der Waals surface area contributed by atoms with E-state index in [1.165, 1.54) is 0 Å². The van der Waals surface area contributed by atoms with Crippen molar-refractivity contribution >= 4 is 31.9 Å². The summed E-state index contributed by atoms with van der Waals surface area (Å²) in [4.78, 5) is 0. The van der Waals surface area contributed by atoms with Gasteiger partial charge in [0.05, 0.1) is 17.0 Å². The number of halogens is 2. The van der Waals surface area contributed by atoms with Crippen molar-refractivity contribution in [2.24, 2.45) is 0 Å². The van der Waals surface area contributed by atoms with Crippen molar-refractivity contribution in [3.05, 3.63) is 26.6 Å². The van der Waals surface area contributed by atoms with E-state index in [0.717, 1.165) is 10.0 Å². The van der Waals surface area contributed by atoms with Crippen LogP contribution in [0, 0.1) is 11.3 Å². The Bertz CT molecular complexity index is 344. The van der Waals surface area contributed by atoms with Gasteiger partial charge < -0.3 is 5.11 Å². The van der Waals surface area contributed by atoms with Gasteiger partial charge in [-0.3, -0.25) is 0 Å². The highest BCUT2D eigenvalue weighted by Crippen LogP contribution is 2.32. The molecule has 0 atom stereocenters. The number of phenols is 1. The van der Waals surface area contributed by atoms with Crippen LogP contribution >= 0.6 is 31.9 Å². The molecular weight excluding hydrogens is 286 g/mol. The Morgan fingerprint density at radius 1 is 1.42 bits per heavy atom. The van der Waals surface area contributed by atoms with E-state index in [1.807, 2.05) is 6.07 Å². The number of hydrogen-bond acceptors (Lipinski definition) is 2. The summed E-state index contributed by atoms with van der Waals surface area (Å²) in [6, 6.07) is 5.30. The summed E-state index contributed by atoms with van der Waals surface area (Å²) in [7, 11) is 0. The first kappa shape index (κ1) is 9.56. The quantitative estimate of drug-likeness (QED) is 0.864. The summed E-state index contributed by atoms with van der Waals surface area (Å²) in [5.41, 5.74) is 0.775. The lowest BCUT2D eigenvalue weighted by Gasteiger charge is -2.04. The third kappa shape index (κ3) is 1.79. The van der Waals surface area contributed by atoms with Gasteiger partial charge in [-0.05, 0) is 33.6 Å². The molecule has 0 unspecified atom stereocenters. The lowest BCUT2D eigenvalue weighted by molar-refractivity contribution is 0.471. The summed E-state index contributed by atoms with van der Waals surface area (Å²) < 4.78 is 1.41. The first-order chi connectivity index (χ1) is 5.66. The SMILES string of the molecule is N#CCc1c(Br)ccc(O)c1Br. The van der Waals surface area contributed by atoms with Gasteiger partial charge in [0.1, 0.15) is 5.75 Å². The molecule has 1 N–H and O–H groups in total. The highest BCUT2D eigenvalue weighted by atomic mass is 79.9. The van der Waals surface area contributed by atoms with Crippen molar-refractivity contribution in [3.8, 4) is 11.8 Å². The zero-order valence-electron chi connectivity index (χ0n) is 6.01. The van der Waals surface area contributed by atoms with Gasteiger partial charge in [0.25, 0.3) is 0 Å². The molecule has 0 aliphatic carbocycles. The zero-order chi connectivity index (χ0) is 9.14. The van der Waals surface area contributed by atoms with Gasteiger partial charge in [-0.25, -0.2) is 0 Å². The van der Waals surface area contributed by atoms with E-state index >= 15 is 0 Å². The smallest absolute Gasteiger partial charge is 0.130 e. The van der Waals surface area contributed by atoms with Crippen molar-refractivity contribution in [2.45, 2.75) is 6.42 Å². The molecule has 1 aromatic rings. The minimum absolute atomic E-state index is 0.156. The molecule has 0 aliphatic rings. The maximum Gasteiger partial charge on any atom is 0.130 e. The Balaban J connectivity index is 3.25. The molecule has 12 heavy (non-hydrogen) atoms. The van der Waals surface area contributed by atoms with Gasteiger partial charge in [0.15, 0.2) is 0 Å². The Labute approximate surface area is 87.1 Å². The molecule has 0 spiro atoms. The molecular formula is C8H5Br2NO. The number of benzene rings is 1. The van der Waals surface area contributed by atoms with Crippen LogP contribution in [0.1, 0.15) is 5.56 Å². The predicted molar refractivity (Wildman–Crippen MR) is 52.8 cm³/mol. The second kappa shape index (κ2) is 3.92. The van der Waals surface area contributed by atoms with E-state index in [2.05, 4.69) is 31.9 Å². The number of nitrogens with zero attached hydrogens (tertiary/aromatic N) is 1. The second-order valence-electron chi connectivity index (χ2n) is 2.19. The standard InChI is InChI=1S/C8H5Br2NO/c9-6-1-2-7(12)8(10)5(6)3-4-11/h1-2,12H,3H2. The van der Waals surface area contributed by atoms with E-state index in [9.17, 15) is 5.11 Å². The van der Waals surface area contributed by atoms with Gasteiger partial charge in [-0.15, -0.1) is 0 Å². The lowest BCUT2D eigenvalue weighted by Crippen LogP contribution is -1.86. The van der Waals surface area contributed by atoms with E-state index in [-0.39, 0.29) is 12.2 Å². The Morgan fingerprint density at radius 3 is 2.67 bits per heavy atom. The number of aromatic hydroxyl groups is 1. The molecule has 0 radical (unpaired) electrons. The average Bonchev–Trinajstić information content (AvgIpc) is 2.06. The predicted octanol–water partition coefficient (Wildman–Crippen LogP) is 2.98. The summed E-state index contributed by atoms with van der Waals surface area (Å²) >= 11 is 6.49. The van der Waals surface area contributed by atoms with E-state index in [1.54, 1.807) is 12.1 Å². The fourth-order valence-corrected chi connectivity index (χ4v) is 2.05. The van der Waals surface area contributed by atoms with Crippen molar-refractivity contribution in [1.29, 1.82) is 5.26 Å². The summed E-state index contributed by atoms with van der Waals surface area (Å²) in [5, 5.41) is 17.8. The molecule has 0 bridgehead atoms. The van der Waals surface area contributed by atoms with Gasteiger partial charge in [0, 0.05) is 4.47 Å². The van der Waals surface area contributed by atoms with Gasteiger partial charge in [-0.2, -0.15) is 5.26 Å². The minimum atomic E-state index is 0.156. The topological polar surface area (TPSA) is 44.0 Å². The summed E-state index contributed by atoms with van der Waals surface area (Å²) in [5.74, 6) is 0.156. The fraction of sp³-hybridized carbons (Fsp3) is 0.125. The zero-order valence-corrected chi connectivity index (χ0v) is 9.18. The molecule has 0 saturated carbocycles. The molecule has 0 aliphatic heterocycles. The normalized spacial score (nSPS) is 9.42. The van der Waals surface area contributed by atoms with Crippen molar-refractivity contribution < 1.29 is 5.11 Å². The molecule has 0 saturated heterocycles. The van der Waals surface area contributed by atoms with Crippen LogP contribution in [0.25, 0.3) is 0 Å². The van der Waals surface area contributed by atoms with Crippen molar-refractivity contribution in [2.75, 3.05) is 0 Å². The molecule has 4 heteroatoms. The average molecular weight is 291 g/mol. The van der Waals surface area contributed by atoms with Crippen LogP contribution in [-0.2, 0) is 6.42 Å². The molecule has 62 valence electrons. The number of rotatable bonds is 1. The minimum Gasteiger partial charge on any atom is -0.507 e. The van der Waals surface area contributed by atoms with Crippen molar-refractivity contribution in [1.82, 2.24) is 0 Å². The molecule has 0 fully saturated rings. The van der Waals surface area contributed by atoms with Crippen LogP contribution in [0.5, 0.6) is 5.75 Å². The number of hydrogen-bond donors (Lipinski definition) is 1. The second-order valence-corrected chi connectivity index (χ2v) is 3.84. The third-order valence-corrected chi connectivity index (χ3v) is 3.05. The maximum absolute atomic E-state index is 9.27. The highest BCUT2D eigenvalue weighted by molar-refractivity contribution is 9.11. The molecule has 0 amide bonds. The first-order valence-electron chi connectivity index (χ1n) is 3.19. The first-order valence-corrected chi connectivity index (χ1v) is 4.78. The lowest BCUT2D eigenvalue weighted by atomic mass is 10.1. The van der Waals surface area contributed by atoms with Gasteiger partial charge >= 0.3 is 0 Å². The van der Waals surface area contributed by atoms with Crippen LogP contribution in [-0.4, -0.2) is 5.11 Å². The van der Waals surface area contributed by atoms with E-state index in [4.69, 9.17) is 5.26 Å². The number of phenolic OH excluding ortho intramolecular Hbond substituents is 1. The van der Waals surface area contributed by atoms with Crippen LogP contribution < -0.4 is 0 Å². The molecule has 0 aromatic heterocycles. The van der Waals surface area contributed by atoms with E-state index < -0.39 is 0 Å². The van der Waals surface area contributed by atoms with Crippen molar-refractivity contribution in [3.63, 3.8) is 0 Å². The highest BCUT2D eigenvalue weighted by Gasteiger charge is 2.07. The van der Waals surface area contributed by atoms with E-state index in [0.29, 0.717) is 4.47 Å². The Kier molecular flexibility index (Phi) is 3.12. The van der Waals surface area contributed by atoms with Gasteiger partial charge in [-0.1, -0.05) is 15.9 Å². The monoisotopic (exact) mass is 289 g/mol. The molecule has 1 aromatic carbocycles. The number of nitriles is 1. The third-order valence-electron chi connectivity index (χ3n) is 1.42. The molecule has 0 heterocycles. The fourth-order valence-electron chi connectivity index (χ4n) is 0.826. The van der Waals surface area contributed by atoms with Crippen LogP contribution in [0.15, 0.2) is 21.1 Å². The van der Waals surface area contributed by atoms with Crippen LogP contribution in [0.2, 0.25) is 0 Å². The van der Waals surface area contributed by atoms with Gasteiger partial charge in [0.2, 0.25) is 0 Å². The summed E-state index contributed by atoms with van der Waals surface area (Å²) in [6.07, 6.45) is 0.273. The van der Waals surface area contributed by atoms with Crippen LogP contribution in [0.3, 0.4) is 0 Å². The largest absolute Gasteiger partial charge is 0.507 e. The maximum atomic E-state index is 9.27. The Hall–Kier alpha value is -0.530. The molecule has 1 rings (SSSR count). The summed E-state index contributed by atoms with van der Waals surface area (Å²) in [6.45, 7) is 0. The molecule has 2 nitrogen and oxygen atoms in total. The van der Waals surface area contributed by atoms with Crippen LogP contribution in [0.4, 0.5) is 0 Å².